The number of hydrogen-bond donors (Lipinski definition) is 1. The van der Waals surface area contributed by atoms with Crippen molar-refractivity contribution in [2.45, 2.75) is 13.1 Å². The Morgan fingerprint density at radius 1 is 0.852 bits per heavy atom. The van der Waals surface area contributed by atoms with Gasteiger partial charge in [0.15, 0.2) is 5.78 Å². The summed E-state index contributed by atoms with van der Waals surface area (Å²) in [6, 6.07) is 25.3. The van der Waals surface area contributed by atoms with E-state index in [1.807, 2.05) is 77.4 Å². The van der Waals surface area contributed by atoms with E-state index in [9.17, 15) is 4.79 Å². The van der Waals surface area contributed by atoms with E-state index in [4.69, 9.17) is 5.41 Å². The number of rotatable bonds is 5. The molecule has 27 heavy (non-hydrogen) atoms. The molecule has 0 atom stereocenters. The standard InChI is InChI=1S/C22H18BrN3O/c23-18-10-6-9-17(13-18)21(27)15-26-20-12-5-4-11-19(20)25(22(26)24)14-16-7-2-1-3-8-16/h1-13,24H,14-15H2. The normalized spacial score (nSPS) is 11.0. The molecule has 0 radical (unpaired) electrons. The van der Waals surface area contributed by atoms with Gasteiger partial charge in [0.1, 0.15) is 0 Å². The van der Waals surface area contributed by atoms with Crippen LogP contribution in [0.4, 0.5) is 0 Å². The van der Waals surface area contributed by atoms with Crippen LogP contribution in [0.3, 0.4) is 0 Å². The first-order valence-electron chi connectivity index (χ1n) is 8.69. The molecule has 1 N–H and O–H groups in total. The van der Waals surface area contributed by atoms with Crippen LogP contribution in [0, 0.1) is 5.41 Å². The molecule has 0 saturated heterocycles. The van der Waals surface area contributed by atoms with Crippen molar-refractivity contribution in [3.63, 3.8) is 0 Å². The number of fused-ring (bicyclic) bond motifs is 1. The highest BCUT2D eigenvalue weighted by molar-refractivity contribution is 9.10. The van der Waals surface area contributed by atoms with Crippen molar-refractivity contribution in [2.24, 2.45) is 0 Å². The fourth-order valence-electron chi connectivity index (χ4n) is 3.28. The summed E-state index contributed by atoms with van der Waals surface area (Å²) in [6.45, 7) is 0.732. The summed E-state index contributed by atoms with van der Waals surface area (Å²) in [5.41, 5.74) is 3.92. The molecule has 0 spiro atoms. The lowest BCUT2D eigenvalue weighted by atomic mass is 10.1. The number of aromatic nitrogens is 2. The Morgan fingerprint density at radius 2 is 1.52 bits per heavy atom. The number of para-hydroxylation sites is 2. The fourth-order valence-corrected chi connectivity index (χ4v) is 3.68. The van der Waals surface area contributed by atoms with Crippen LogP contribution in [0.2, 0.25) is 0 Å². The average Bonchev–Trinajstić information content (AvgIpc) is 2.95. The van der Waals surface area contributed by atoms with Crippen LogP contribution in [0.15, 0.2) is 83.3 Å². The van der Waals surface area contributed by atoms with Gasteiger partial charge in [-0.05, 0) is 29.8 Å². The van der Waals surface area contributed by atoms with E-state index in [-0.39, 0.29) is 12.3 Å². The molecular weight excluding hydrogens is 402 g/mol. The third-order valence-electron chi connectivity index (χ3n) is 4.61. The second-order valence-electron chi connectivity index (χ2n) is 6.40. The van der Waals surface area contributed by atoms with Crippen molar-refractivity contribution < 1.29 is 4.79 Å². The second kappa shape index (κ2) is 7.37. The van der Waals surface area contributed by atoms with Gasteiger partial charge in [-0.1, -0.05) is 70.5 Å². The van der Waals surface area contributed by atoms with E-state index in [2.05, 4.69) is 15.9 Å². The van der Waals surface area contributed by atoms with Gasteiger partial charge in [-0.25, -0.2) is 0 Å². The summed E-state index contributed by atoms with van der Waals surface area (Å²) >= 11 is 3.41. The molecular formula is C22H18BrN3O. The van der Waals surface area contributed by atoms with E-state index in [1.165, 1.54) is 0 Å². The highest BCUT2D eigenvalue weighted by Crippen LogP contribution is 2.17. The quantitative estimate of drug-likeness (QED) is 0.471. The Hall–Kier alpha value is -2.92. The molecule has 134 valence electrons. The van der Waals surface area contributed by atoms with Gasteiger partial charge in [-0.2, -0.15) is 0 Å². The Morgan fingerprint density at radius 3 is 2.22 bits per heavy atom. The van der Waals surface area contributed by atoms with Crippen LogP contribution >= 0.6 is 15.9 Å². The van der Waals surface area contributed by atoms with Crippen LogP contribution in [0.25, 0.3) is 11.0 Å². The van der Waals surface area contributed by atoms with Crippen molar-refractivity contribution in [1.82, 2.24) is 9.13 Å². The lowest BCUT2D eigenvalue weighted by Crippen LogP contribution is -2.27. The molecule has 0 bridgehead atoms. The van der Waals surface area contributed by atoms with Gasteiger partial charge in [-0.3, -0.25) is 10.2 Å². The minimum atomic E-state index is -0.0163. The number of benzene rings is 3. The van der Waals surface area contributed by atoms with E-state index in [0.717, 1.165) is 21.1 Å². The van der Waals surface area contributed by atoms with Gasteiger partial charge in [0.05, 0.1) is 24.1 Å². The van der Waals surface area contributed by atoms with Gasteiger partial charge in [0.2, 0.25) is 5.62 Å². The molecule has 4 rings (SSSR count). The van der Waals surface area contributed by atoms with Crippen LogP contribution in [0.5, 0.6) is 0 Å². The molecule has 4 nitrogen and oxygen atoms in total. The Kier molecular flexibility index (Phi) is 4.77. The topological polar surface area (TPSA) is 50.8 Å². The maximum Gasteiger partial charge on any atom is 0.203 e. The van der Waals surface area contributed by atoms with E-state index < -0.39 is 0 Å². The van der Waals surface area contributed by atoms with Gasteiger partial charge in [0.25, 0.3) is 0 Å². The maximum atomic E-state index is 12.8. The average molecular weight is 420 g/mol. The lowest BCUT2D eigenvalue weighted by Gasteiger charge is -2.06. The first-order chi connectivity index (χ1) is 13.1. The number of imidazole rings is 1. The molecule has 1 heterocycles. The van der Waals surface area contributed by atoms with E-state index >= 15 is 0 Å². The van der Waals surface area contributed by atoms with Gasteiger partial charge >= 0.3 is 0 Å². The third-order valence-corrected chi connectivity index (χ3v) is 5.10. The minimum Gasteiger partial charge on any atom is -0.306 e. The van der Waals surface area contributed by atoms with Crippen LogP contribution in [0.1, 0.15) is 15.9 Å². The molecule has 0 aliphatic rings. The van der Waals surface area contributed by atoms with Crippen molar-refractivity contribution in [1.29, 1.82) is 5.41 Å². The summed E-state index contributed by atoms with van der Waals surface area (Å²) in [5, 5.41) is 8.69. The number of ketones is 1. The van der Waals surface area contributed by atoms with Crippen LogP contribution in [-0.4, -0.2) is 14.9 Å². The summed E-state index contributed by atoms with van der Waals surface area (Å²) in [5.74, 6) is -0.0163. The molecule has 0 aliphatic carbocycles. The Labute approximate surface area is 165 Å². The van der Waals surface area contributed by atoms with Gasteiger partial charge in [0, 0.05) is 10.0 Å². The number of hydrogen-bond acceptors (Lipinski definition) is 2. The lowest BCUT2D eigenvalue weighted by molar-refractivity contribution is 0.0971. The summed E-state index contributed by atoms with van der Waals surface area (Å²) < 4.78 is 4.59. The zero-order valence-electron chi connectivity index (χ0n) is 14.6. The van der Waals surface area contributed by atoms with E-state index in [1.54, 1.807) is 10.6 Å². The number of halogens is 1. The molecule has 0 aliphatic heterocycles. The number of nitrogens with zero attached hydrogens (tertiary/aromatic N) is 2. The minimum absolute atomic E-state index is 0.0163. The predicted octanol–water partition coefficient (Wildman–Crippen LogP) is 4.62. The monoisotopic (exact) mass is 419 g/mol. The number of carbonyl (C=O) groups is 1. The smallest absolute Gasteiger partial charge is 0.203 e. The number of carbonyl (C=O) groups excluding carboxylic acids is 1. The zero-order chi connectivity index (χ0) is 18.8. The van der Waals surface area contributed by atoms with Crippen molar-refractivity contribution in [3.05, 3.63) is 100 Å². The zero-order valence-corrected chi connectivity index (χ0v) is 16.2. The highest BCUT2D eigenvalue weighted by atomic mass is 79.9. The van der Waals surface area contributed by atoms with Crippen molar-refractivity contribution in [2.75, 3.05) is 0 Å². The van der Waals surface area contributed by atoms with Crippen LogP contribution < -0.4 is 5.62 Å². The predicted molar refractivity (Wildman–Crippen MR) is 110 cm³/mol. The molecule has 1 aromatic heterocycles. The van der Waals surface area contributed by atoms with Crippen molar-refractivity contribution in [3.8, 4) is 0 Å². The molecule has 0 amide bonds. The number of nitrogens with one attached hydrogen (secondary N) is 1. The first-order valence-corrected chi connectivity index (χ1v) is 9.48. The second-order valence-corrected chi connectivity index (χ2v) is 7.32. The first kappa shape index (κ1) is 17.5. The summed E-state index contributed by atoms with van der Waals surface area (Å²) in [6.07, 6.45) is 0. The van der Waals surface area contributed by atoms with Gasteiger partial charge in [-0.15, -0.1) is 0 Å². The molecule has 4 aromatic rings. The SMILES string of the molecule is N=c1n(CC(=O)c2cccc(Br)c2)c2ccccc2n1Cc1ccccc1. The largest absolute Gasteiger partial charge is 0.306 e. The van der Waals surface area contributed by atoms with Crippen LogP contribution in [-0.2, 0) is 13.1 Å². The summed E-state index contributed by atoms with van der Waals surface area (Å²) in [7, 11) is 0. The molecule has 0 fully saturated rings. The number of Topliss-reactive ketones (excluding diaryl/α,β-unsaturated/α-hetero) is 1. The molecule has 5 heteroatoms. The molecule has 0 saturated carbocycles. The Bertz CT molecular complexity index is 1180. The Balaban J connectivity index is 1.76. The molecule has 3 aromatic carbocycles. The summed E-state index contributed by atoms with van der Waals surface area (Å²) in [4.78, 5) is 12.8. The van der Waals surface area contributed by atoms with Gasteiger partial charge < -0.3 is 9.13 Å². The highest BCUT2D eigenvalue weighted by Gasteiger charge is 2.15. The van der Waals surface area contributed by atoms with E-state index in [0.29, 0.717) is 17.7 Å². The third kappa shape index (κ3) is 3.51. The fraction of sp³-hybridized carbons (Fsp3) is 0.0909. The van der Waals surface area contributed by atoms with Crippen molar-refractivity contribution >= 4 is 32.7 Å². The maximum absolute atomic E-state index is 12.8. The molecule has 0 unspecified atom stereocenters.